The second-order valence-electron chi connectivity index (χ2n) is 4.78. The second-order valence-corrected chi connectivity index (χ2v) is 4.78. The molecule has 0 aliphatic heterocycles. The lowest BCUT2D eigenvalue weighted by atomic mass is 10.1. The van der Waals surface area contributed by atoms with Crippen molar-refractivity contribution in [2.45, 2.75) is 6.54 Å². The molecule has 0 radical (unpaired) electrons. The van der Waals surface area contributed by atoms with Crippen LogP contribution in [0.3, 0.4) is 0 Å². The fourth-order valence-electron chi connectivity index (χ4n) is 2.13. The molecule has 0 aliphatic rings. The zero-order chi connectivity index (χ0) is 16.8. The molecule has 0 heterocycles. The SMILES string of the molecule is COc1cccc(OC)c1C(=O)NCc1ccc(C(N)=O)cc1. The van der Waals surface area contributed by atoms with Gasteiger partial charge in [-0.05, 0) is 29.8 Å². The second kappa shape index (κ2) is 7.31. The van der Waals surface area contributed by atoms with Gasteiger partial charge >= 0.3 is 0 Å². The van der Waals surface area contributed by atoms with Gasteiger partial charge in [-0.1, -0.05) is 18.2 Å². The van der Waals surface area contributed by atoms with Crippen LogP contribution in [0.1, 0.15) is 26.3 Å². The summed E-state index contributed by atoms with van der Waals surface area (Å²) < 4.78 is 10.4. The third-order valence-corrected chi connectivity index (χ3v) is 3.35. The first kappa shape index (κ1) is 16.4. The highest BCUT2D eigenvalue weighted by Crippen LogP contribution is 2.28. The van der Waals surface area contributed by atoms with Gasteiger partial charge in [0.1, 0.15) is 17.1 Å². The van der Waals surface area contributed by atoms with Crippen LogP contribution in [0.25, 0.3) is 0 Å². The summed E-state index contributed by atoms with van der Waals surface area (Å²) in [5.74, 6) is 0.0782. The molecule has 0 atom stereocenters. The Kier molecular flexibility index (Phi) is 5.19. The van der Waals surface area contributed by atoms with Gasteiger partial charge in [0.2, 0.25) is 5.91 Å². The number of hydrogen-bond acceptors (Lipinski definition) is 4. The Bertz CT molecular complexity index is 689. The van der Waals surface area contributed by atoms with Gasteiger partial charge < -0.3 is 20.5 Å². The van der Waals surface area contributed by atoms with Crippen molar-refractivity contribution in [1.29, 1.82) is 0 Å². The molecule has 3 N–H and O–H groups in total. The molecule has 0 aliphatic carbocycles. The lowest BCUT2D eigenvalue weighted by molar-refractivity contribution is 0.0943. The van der Waals surface area contributed by atoms with Crippen molar-refractivity contribution in [3.05, 3.63) is 59.2 Å². The molecular weight excluding hydrogens is 296 g/mol. The zero-order valence-corrected chi connectivity index (χ0v) is 13.0. The van der Waals surface area contributed by atoms with E-state index in [-0.39, 0.29) is 5.91 Å². The first-order valence-corrected chi connectivity index (χ1v) is 6.94. The first-order valence-electron chi connectivity index (χ1n) is 6.94. The van der Waals surface area contributed by atoms with Crippen molar-refractivity contribution in [3.63, 3.8) is 0 Å². The summed E-state index contributed by atoms with van der Waals surface area (Å²) >= 11 is 0. The molecule has 2 aromatic rings. The molecule has 120 valence electrons. The van der Waals surface area contributed by atoms with Gasteiger partial charge in [0.05, 0.1) is 14.2 Å². The van der Waals surface area contributed by atoms with Gasteiger partial charge in [0.15, 0.2) is 0 Å². The average molecular weight is 314 g/mol. The van der Waals surface area contributed by atoms with Crippen LogP contribution < -0.4 is 20.5 Å². The van der Waals surface area contributed by atoms with Crippen LogP contribution in [-0.4, -0.2) is 26.0 Å². The highest BCUT2D eigenvalue weighted by atomic mass is 16.5. The maximum absolute atomic E-state index is 12.4. The number of primary amides is 1. The fourth-order valence-corrected chi connectivity index (χ4v) is 2.13. The molecule has 6 nitrogen and oxygen atoms in total. The highest BCUT2D eigenvalue weighted by molar-refractivity contribution is 5.99. The molecular formula is C17H18N2O4. The molecule has 0 saturated heterocycles. The largest absolute Gasteiger partial charge is 0.496 e. The lowest BCUT2D eigenvalue weighted by Gasteiger charge is -2.13. The van der Waals surface area contributed by atoms with Crippen molar-refractivity contribution < 1.29 is 19.1 Å². The Morgan fingerprint density at radius 3 is 2.04 bits per heavy atom. The molecule has 0 spiro atoms. The van der Waals surface area contributed by atoms with Crippen LogP contribution in [0.2, 0.25) is 0 Å². The molecule has 2 amide bonds. The number of nitrogens with one attached hydrogen (secondary N) is 1. The Morgan fingerprint density at radius 1 is 1.00 bits per heavy atom. The van der Waals surface area contributed by atoms with Crippen molar-refractivity contribution >= 4 is 11.8 Å². The summed E-state index contributed by atoms with van der Waals surface area (Å²) in [5.41, 5.74) is 6.80. The van der Waals surface area contributed by atoms with Crippen LogP contribution in [0.4, 0.5) is 0 Å². The normalized spacial score (nSPS) is 10.0. The molecule has 23 heavy (non-hydrogen) atoms. The van der Waals surface area contributed by atoms with E-state index >= 15 is 0 Å². The maximum atomic E-state index is 12.4. The Morgan fingerprint density at radius 2 is 1.57 bits per heavy atom. The number of benzene rings is 2. The van der Waals surface area contributed by atoms with Crippen LogP contribution >= 0.6 is 0 Å². The van der Waals surface area contributed by atoms with Gasteiger partial charge in [-0.2, -0.15) is 0 Å². The predicted octanol–water partition coefficient (Wildman–Crippen LogP) is 1.73. The van der Waals surface area contributed by atoms with E-state index in [4.69, 9.17) is 15.2 Å². The van der Waals surface area contributed by atoms with E-state index in [1.807, 2.05) is 0 Å². The summed E-state index contributed by atoms with van der Waals surface area (Å²) in [6.45, 7) is 0.305. The van der Waals surface area contributed by atoms with Gasteiger partial charge in [-0.15, -0.1) is 0 Å². The molecule has 6 heteroatoms. The molecule has 0 saturated carbocycles. The van der Waals surface area contributed by atoms with Gasteiger partial charge in [-0.3, -0.25) is 9.59 Å². The van der Waals surface area contributed by atoms with E-state index in [0.29, 0.717) is 29.2 Å². The molecule has 0 bridgehead atoms. The summed E-state index contributed by atoms with van der Waals surface area (Å²) in [4.78, 5) is 23.4. The Hall–Kier alpha value is -3.02. The van der Waals surface area contributed by atoms with Gasteiger partial charge in [0, 0.05) is 12.1 Å². The molecule has 2 aromatic carbocycles. The Labute approximate surface area is 134 Å². The van der Waals surface area contributed by atoms with E-state index < -0.39 is 5.91 Å². The van der Waals surface area contributed by atoms with Crippen molar-refractivity contribution in [2.75, 3.05) is 14.2 Å². The topological polar surface area (TPSA) is 90.7 Å². The summed E-state index contributed by atoms with van der Waals surface area (Å²) in [7, 11) is 2.99. The van der Waals surface area contributed by atoms with Crippen LogP contribution in [-0.2, 0) is 6.54 Å². The van der Waals surface area contributed by atoms with Gasteiger partial charge in [0.25, 0.3) is 5.91 Å². The minimum absolute atomic E-state index is 0.305. The van der Waals surface area contributed by atoms with Crippen LogP contribution in [0, 0.1) is 0 Å². The zero-order valence-electron chi connectivity index (χ0n) is 13.0. The van der Waals surface area contributed by atoms with Crippen LogP contribution in [0.15, 0.2) is 42.5 Å². The number of nitrogens with two attached hydrogens (primary N) is 1. The van der Waals surface area contributed by atoms with Crippen LogP contribution in [0.5, 0.6) is 11.5 Å². The molecule has 2 rings (SSSR count). The van der Waals surface area contributed by atoms with Crippen molar-refractivity contribution in [3.8, 4) is 11.5 Å². The number of rotatable bonds is 6. The quantitative estimate of drug-likeness (QED) is 0.849. The average Bonchev–Trinajstić information content (AvgIpc) is 2.59. The predicted molar refractivity (Wildman–Crippen MR) is 85.7 cm³/mol. The standard InChI is InChI=1S/C17H18N2O4/c1-22-13-4-3-5-14(23-2)15(13)17(21)19-10-11-6-8-12(9-7-11)16(18)20/h3-9H,10H2,1-2H3,(H2,18,20)(H,19,21). The van der Waals surface area contributed by atoms with Gasteiger partial charge in [-0.25, -0.2) is 0 Å². The molecule has 0 unspecified atom stereocenters. The first-order chi connectivity index (χ1) is 11.1. The van der Waals surface area contributed by atoms with E-state index in [1.165, 1.54) is 14.2 Å². The third kappa shape index (κ3) is 3.79. The van der Waals surface area contributed by atoms with E-state index in [2.05, 4.69) is 5.32 Å². The monoisotopic (exact) mass is 314 g/mol. The summed E-state index contributed by atoms with van der Waals surface area (Å²) in [6, 6.07) is 11.8. The Balaban J connectivity index is 2.12. The summed E-state index contributed by atoms with van der Waals surface area (Å²) in [5, 5.41) is 2.80. The number of carbonyl (C=O) groups is 2. The smallest absolute Gasteiger partial charge is 0.259 e. The number of carbonyl (C=O) groups excluding carboxylic acids is 2. The maximum Gasteiger partial charge on any atom is 0.259 e. The molecule has 0 fully saturated rings. The minimum atomic E-state index is -0.487. The highest BCUT2D eigenvalue weighted by Gasteiger charge is 2.17. The molecule has 0 aromatic heterocycles. The van der Waals surface area contributed by atoms with Crippen molar-refractivity contribution in [1.82, 2.24) is 5.32 Å². The number of methoxy groups -OCH3 is 2. The van der Waals surface area contributed by atoms with E-state index in [0.717, 1.165) is 5.56 Å². The third-order valence-electron chi connectivity index (χ3n) is 3.35. The minimum Gasteiger partial charge on any atom is -0.496 e. The fraction of sp³-hybridized carbons (Fsp3) is 0.176. The van der Waals surface area contributed by atoms with E-state index in [9.17, 15) is 9.59 Å². The number of amides is 2. The van der Waals surface area contributed by atoms with E-state index in [1.54, 1.807) is 42.5 Å². The number of ether oxygens (including phenoxy) is 2. The van der Waals surface area contributed by atoms with Crippen molar-refractivity contribution in [2.24, 2.45) is 5.73 Å². The lowest BCUT2D eigenvalue weighted by Crippen LogP contribution is -2.24. The summed E-state index contributed by atoms with van der Waals surface area (Å²) in [6.07, 6.45) is 0. The number of hydrogen-bond donors (Lipinski definition) is 2.